The summed E-state index contributed by atoms with van der Waals surface area (Å²) in [5.74, 6) is -2.38. The zero-order valence-electron chi connectivity index (χ0n) is 12.7. The Bertz CT molecular complexity index is 788. The standard InChI is InChI=1S/C16H16F2N4O2/c17-11-2-1-9(7-12(11)18)10-5-6-19-8-14(10)20-16(24)13-3-4-15(23)22-21-13/h1-4,7,10,14,19H,5-6,8H2,(H,20,24)(H,22,23). The van der Waals surface area contributed by atoms with Crippen LogP contribution in [0.4, 0.5) is 8.78 Å². The van der Waals surface area contributed by atoms with Gasteiger partial charge in [0.2, 0.25) is 0 Å². The Kier molecular flexibility index (Phi) is 4.66. The van der Waals surface area contributed by atoms with Crippen LogP contribution in [0.25, 0.3) is 0 Å². The van der Waals surface area contributed by atoms with Crippen molar-refractivity contribution in [1.29, 1.82) is 0 Å². The molecular weight excluding hydrogens is 318 g/mol. The lowest BCUT2D eigenvalue weighted by molar-refractivity contribution is 0.0918. The average molecular weight is 334 g/mol. The summed E-state index contributed by atoms with van der Waals surface area (Å²) in [6.45, 7) is 1.21. The number of halogens is 2. The smallest absolute Gasteiger partial charge is 0.271 e. The van der Waals surface area contributed by atoms with Gasteiger partial charge >= 0.3 is 0 Å². The maximum atomic E-state index is 13.5. The predicted molar refractivity (Wildman–Crippen MR) is 82.7 cm³/mol. The number of amides is 1. The van der Waals surface area contributed by atoms with Crippen LogP contribution in [0.5, 0.6) is 0 Å². The summed E-state index contributed by atoms with van der Waals surface area (Å²) in [5.41, 5.74) is 0.324. The second-order valence-corrected chi connectivity index (χ2v) is 5.66. The summed E-state index contributed by atoms with van der Waals surface area (Å²) < 4.78 is 26.6. The van der Waals surface area contributed by atoms with E-state index in [1.807, 2.05) is 0 Å². The number of piperidine rings is 1. The summed E-state index contributed by atoms with van der Waals surface area (Å²) in [7, 11) is 0. The Morgan fingerprint density at radius 1 is 1.21 bits per heavy atom. The molecule has 8 heteroatoms. The van der Waals surface area contributed by atoms with Gasteiger partial charge in [0.15, 0.2) is 11.6 Å². The molecule has 2 atom stereocenters. The molecule has 3 N–H and O–H groups in total. The van der Waals surface area contributed by atoms with Crippen LogP contribution in [0.2, 0.25) is 0 Å². The molecule has 1 aliphatic heterocycles. The largest absolute Gasteiger partial charge is 0.346 e. The summed E-state index contributed by atoms with van der Waals surface area (Å²) in [5, 5.41) is 11.9. The van der Waals surface area contributed by atoms with Crippen LogP contribution in [0.1, 0.15) is 28.4 Å². The average Bonchev–Trinajstić information content (AvgIpc) is 2.58. The minimum atomic E-state index is -0.904. The number of hydrogen-bond acceptors (Lipinski definition) is 4. The summed E-state index contributed by atoms with van der Waals surface area (Å²) in [4.78, 5) is 23.3. The minimum absolute atomic E-state index is 0.0872. The maximum absolute atomic E-state index is 13.5. The third-order valence-electron chi connectivity index (χ3n) is 4.08. The maximum Gasteiger partial charge on any atom is 0.271 e. The molecule has 24 heavy (non-hydrogen) atoms. The highest BCUT2D eigenvalue weighted by molar-refractivity contribution is 5.92. The first-order valence-electron chi connectivity index (χ1n) is 7.57. The molecule has 2 unspecified atom stereocenters. The third kappa shape index (κ3) is 3.48. The molecule has 1 amide bonds. The number of aromatic nitrogens is 2. The highest BCUT2D eigenvalue weighted by Crippen LogP contribution is 2.27. The fourth-order valence-electron chi connectivity index (χ4n) is 2.87. The molecule has 1 aromatic carbocycles. The summed E-state index contributed by atoms with van der Waals surface area (Å²) >= 11 is 0. The van der Waals surface area contributed by atoms with Crippen molar-refractivity contribution in [3.8, 4) is 0 Å². The Balaban J connectivity index is 1.79. The van der Waals surface area contributed by atoms with Crippen molar-refractivity contribution in [2.45, 2.75) is 18.4 Å². The van der Waals surface area contributed by atoms with Crippen LogP contribution < -0.4 is 16.2 Å². The van der Waals surface area contributed by atoms with Crippen molar-refractivity contribution in [2.24, 2.45) is 0 Å². The molecule has 0 bridgehead atoms. The van der Waals surface area contributed by atoms with Gasteiger partial charge in [-0.1, -0.05) is 6.07 Å². The van der Waals surface area contributed by atoms with E-state index in [9.17, 15) is 18.4 Å². The first kappa shape index (κ1) is 16.3. The van der Waals surface area contributed by atoms with E-state index in [4.69, 9.17) is 0 Å². The molecule has 1 aromatic heterocycles. The molecule has 1 saturated heterocycles. The lowest BCUT2D eigenvalue weighted by atomic mass is 9.86. The van der Waals surface area contributed by atoms with Crippen LogP contribution in [-0.4, -0.2) is 35.2 Å². The lowest BCUT2D eigenvalue weighted by Crippen LogP contribution is -2.50. The normalized spacial score (nSPS) is 20.6. The number of carbonyl (C=O) groups is 1. The van der Waals surface area contributed by atoms with E-state index in [1.54, 1.807) is 0 Å². The molecular formula is C16H16F2N4O2. The first-order chi connectivity index (χ1) is 11.5. The van der Waals surface area contributed by atoms with E-state index in [1.165, 1.54) is 24.3 Å². The molecule has 0 saturated carbocycles. The molecule has 1 aliphatic rings. The number of H-pyrrole nitrogens is 1. The van der Waals surface area contributed by atoms with Gasteiger partial charge in [-0.3, -0.25) is 9.59 Å². The monoisotopic (exact) mass is 334 g/mol. The zero-order chi connectivity index (χ0) is 17.1. The summed E-state index contributed by atoms with van der Waals surface area (Å²) in [6, 6.07) is 6.04. The first-order valence-corrected chi connectivity index (χ1v) is 7.57. The van der Waals surface area contributed by atoms with Crippen LogP contribution >= 0.6 is 0 Å². The van der Waals surface area contributed by atoms with Gasteiger partial charge in [0, 0.05) is 24.6 Å². The molecule has 2 heterocycles. The number of aromatic amines is 1. The molecule has 2 aromatic rings. The van der Waals surface area contributed by atoms with Crippen molar-refractivity contribution >= 4 is 5.91 Å². The molecule has 126 valence electrons. The van der Waals surface area contributed by atoms with Crippen LogP contribution in [-0.2, 0) is 0 Å². The van der Waals surface area contributed by atoms with E-state index >= 15 is 0 Å². The van der Waals surface area contributed by atoms with Crippen molar-refractivity contribution in [2.75, 3.05) is 13.1 Å². The SMILES string of the molecule is O=C(NC1CNCCC1c1ccc(F)c(F)c1)c1ccc(=O)[nH]n1. The Morgan fingerprint density at radius 2 is 2.04 bits per heavy atom. The van der Waals surface area contributed by atoms with Gasteiger partial charge < -0.3 is 10.6 Å². The van der Waals surface area contributed by atoms with E-state index in [-0.39, 0.29) is 17.7 Å². The van der Waals surface area contributed by atoms with Crippen LogP contribution in [0.15, 0.2) is 35.1 Å². The Hall–Kier alpha value is -2.61. The third-order valence-corrected chi connectivity index (χ3v) is 4.08. The Morgan fingerprint density at radius 3 is 2.75 bits per heavy atom. The number of hydrogen-bond donors (Lipinski definition) is 3. The minimum Gasteiger partial charge on any atom is -0.346 e. The van der Waals surface area contributed by atoms with E-state index in [0.29, 0.717) is 25.1 Å². The molecule has 0 spiro atoms. The number of nitrogens with one attached hydrogen (secondary N) is 3. The molecule has 1 fully saturated rings. The number of benzene rings is 1. The number of carbonyl (C=O) groups excluding carboxylic acids is 1. The lowest BCUT2D eigenvalue weighted by Gasteiger charge is -2.33. The van der Waals surface area contributed by atoms with Gasteiger partial charge in [0.1, 0.15) is 5.69 Å². The topological polar surface area (TPSA) is 86.9 Å². The van der Waals surface area contributed by atoms with Crippen molar-refractivity contribution in [1.82, 2.24) is 20.8 Å². The van der Waals surface area contributed by atoms with Gasteiger partial charge in [0.25, 0.3) is 11.5 Å². The predicted octanol–water partition coefficient (Wildman–Crippen LogP) is 0.924. The van der Waals surface area contributed by atoms with Crippen molar-refractivity contribution in [3.05, 3.63) is 63.6 Å². The molecule has 0 aliphatic carbocycles. The van der Waals surface area contributed by atoms with Gasteiger partial charge in [-0.25, -0.2) is 13.9 Å². The zero-order valence-corrected chi connectivity index (χ0v) is 12.7. The molecule has 6 nitrogen and oxygen atoms in total. The van der Waals surface area contributed by atoms with Crippen molar-refractivity contribution < 1.29 is 13.6 Å². The fourth-order valence-corrected chi connectivity index (χ4v) is 2.87. The summed E-state index contributed by atoms with van der Waals surface area (Å²) in [6.07, 6.45) is 0.676. The van der Waals surface area contributed by atoms with Crippen LogP contribution in [0.3, 0.4) is 0 Å². The van der Waals surface area contributed by atoms with Gasteiger partial charge in [-0.2, -0.15) is 5.10 Å². The second kappa shape index (κ2) is 6.88. The van der Waals surface area contributed by atoms with E-state index < -0.39 is 23.1 Å². The van der Waals surface area contributed by atoms with Gasteiger partial charge in [-0.05, 0) is 36.7 Å². The quantitative estimate of drug-likeness (QED) is 0.779. The number of nitrogens with zero attached hydrogens (tertiary/aromatic N) is 1. The fraction of sp³-hybridized carbons (Fsp3) is 0.312. The highest BCUT2D eigenvalue weighted by atomic mass is 19.2. The van der Waals surface area contributed by atoms with Gasteiger partial charge in [0.05, 0.1) is 0 Å². The van der Waals surface area contributed by atoms with Crippen LogP contribution in [0, 0.1) is 11.6 Å². The molecule has 0 radical (unpaired) electrons. The van der Waals surface area contributed by atoms with Gasteiger partial charge in [-0.15, -0.1) is 0 Å². The van der Waals surface area contributed by atoms with E-state index in [2.05, 4.69) is 20.8 Å². The molecule has 3 rings (SSSR count). The Labute approximate surface area is 136 Å². The highest BCUT2D eigenvalue weighted by Gasteiger charge is 2.29. The van der Waals surface area contributed by atoms with E-state index in [0.717, 1.165) is 6.07 Å². The van der Waals surface area contributed by atoms with Crippen molar-refractivity contribution in [3.63, 3.8) is 0 Å². The second-order valence-electron chi connectivity index (χ2n) is 5.66. The number of rotatable bonds is 3.